The van der Waals surface area contributed by atoms with Crippen LogP contribution in [0.25, 0.3) is 0 Å². The van der Waals surface area contributed by atoms with Crippen molar-refractivity contribution >= 4 is 142 Å². The van der Waals surface area contributed by atoms with E-state index in [9.17, 15) is 112 Å². The van der Waals surface area contributed by atoms with Gasteiger partial charge in [-0.05, 0) is 151 Å². The number of carboxylic acid groups (broad SMARTS) is 1. The summed E-state index contributed by atoms with van der Waals surface area (Å²) in [6, 6.07) is -18.9. The van der Waals surface area contributed by atoms with E-state index >= 15 is 4.79 Å². The van der Waals surface area contributed by atoms with Crippen LogP contribution >= 0.6 is 11.8 Å². The molecular weight excluding hydrogens is 1950 g/mol. The Balaban J connectivity index is 1.46. The molecule has 0 radical (unpaired) electrons. The maximum Gasteiger partial charge on any atom is 0.326 e. The van der Waals surface area contributed by atoms with Crippen LogP contribution in [0.3, 0.4) is 0 Å². The van der Waals surface area contributed by atoms with Gasteiger partial charge in [0.1, 0.15) is 102 Å². The van der Waals surface area contributed by atoms with Crippen LogP contribution in [0.2, 0.25) is 0 Å². The number of nitrogens with two attached hydrogens (primary N) is 3. The number of aliphatic hydroxyl groups excluding tert-OH is 2. The molecule has 0 spiro atoms. The van der Waals surface area contributed by atoms with E-state index in [0.717, 1.165) is 11.8 Å². The Morgan fingerprint density at radius 1 is 0.432 bits per heavy atom. The van der Waals surface area contributed by atoms with Crippen molar-refractivity contribution in [3.05, 3.63) is 66.3 Å². The van der Waals surface area contributed by atoms with Crippen LogP contribution in [-0.4, -0.2) is 342 Å². The van der Waals surface area contributed by atoms with Gasteiger partial charge in [-0.2, -0.15) is 11.8 Å². The molecule has 1 saturated heterocycles. The van der Waals surface area contributed by atoms with E-state index < -0.39 is 283 Å². The summed E-state index contributed by atoms with van der Waals surface area (Å²) in [7, 11) is 0. The number of aromatic nitrogens is 4. The van der Waals surface area contributed by atoms with Gasteiger partial charge in [0, 0.05) is 51.3 Å². The zero-order valence-electron chi connectivity index (χ0n) is 86.2. The summed E-state index contributed by atoms with van der Waals surface area (Å²) in [5.41, 5.74) is 18.1. The minimum atomic E-state index is -1.92. The number of benzene rings is 1. The quantitative estimate of drug-likeness (QED) is 0.0142. The van der Waals surface area contributed by atoms with Gasteiger partial charge in [-0.3, -0.25) is 102 Å². The van der Waals surface area contributed by atoms with E-state index in [0.29, 0.717) is 17.0 Å². The highest BCUT2D eigenvalue weighted by Gasteiger charge is 2.43. The number of thioether (sulfide) groups is 1. The molecule has 0 bridgehead atoms. The molecule has 19 amide bonds. The van der Waals surface area contributed by atoms with Gasteiger partial charge >= 0.3 is 5.97 Å². The number of aliphatic carboxylic acids is 1. The number of nitrogens with zero attached hydrogens (tertiary/aromatic N) is 3. The van der Waals surface area contributed by atoms with Crippen LogP contribution < -0.4 is 124 Å². The average Bonchev–Trinajstić information content (AvgIpc) is 1.69. The highest BCUT2D eigenvalue weighted by Crippen LogP contribution is 2.22. The van der Waals surface area contributed by atoms with Gasteiger partial charge in [-0.15, -0.1) is 0 Å². The molecule has 3 aromatic rings. The van der Waals surface area contributed by atoms with Crippen molar-refractivity contribution in [2.45, 2.75) is 289 Å². The van der Waals surface area contributed by atoms with Crippen molar-refractivity contribution < 1.29 is 116 Å². The Labute approximate surface area is 862 Å². The predicted octanol–water partition coefficient (Wildman–Crippen LogP) is -7.95. The van der Waals surface area contributed by atoms with Crippen molar-refractivity contribution in [3.63, 3.8) is 0 Å². The Hall–Kier alpha value is -14.4. The van der Waals surface area contributed by atoms with Crippen LogP contribution in [0, 0.1) is 40.4 Å². The number of aliphatic hydroxyl groups is 2. The summed E-state index contributed by atoms with van der Waals surface area (Å²) in [5, 5.41) is 107. The lowest BCUT2D eigenvalue weighted by molar-refractivity contribution is -0.143. The summed E-state index contributed by atoms with van der Waals surface area (Å²) in [6.07, 6.45) is 5.09. The number of aromatic amines is 2. The molecule has 1 aliphatic heterocycles. The third-order valence-electron chi connectivity index (χ3n) is 23.2. The van der Waals surface area contributed by atoms with Crippen molar-refractivity contribution in [1.29, 1.82) is 10.8 Å². The van der Waals surface area contributed by atoms with Gasteiger partial charge in [-0.1, -0.05) is 81.4 Å². The number of rotatable bonds is 65. The fourth-order valence-corrected chi connectivity index (χ4v) is 15.6. The standard InChI is InChI=1S/C93H152N30O24S/c1-45(2)31-62(82(137)116-63(32-46(3)4)83(138)114-61(26-30-148-15)79(134)104-40-71(129)113-66(91(146)147)33-47(5)6)112-70(128)39-103-75(130)50(11)108-76(131)51(12)109-80(135)59(19-16-27-101-92(95)96)111-69(127)41-105-87(142)72(48(7)8)121-89(144)74(53(14)125)122-85(140)65(36-56-38-100-44-107-56)118-84(139)64(34-54-22-24-57(126)25-23-54)117-81(136)60(20-17-28-102-93(97)98)115-86(141)68-21-18-29-123(68)90(145)67(42-124)119-77(132)52(13)110-88(143)73(49(9)10)120-78(133)58(94)35-55-37-99-43-106-55/h22-25,37-38,43-53,58-68,72-74,124-126H,16-21,26-36,39-42,94H2,1-15H3,(H,99,106)(H,100,107)(H,103,130)(H,104,134)(H,105,142)(H,108,131)(H,109,135)(H,110,143)(H,111,127)(H,112,128)(H,113,129)(H,114,138)(H,115,141)(H,116,137)(H,117,136)(H,118,139)(H,119,132)(H,120,133)(H,121,144)(H,122,140)(H,146,147)(H4,95,96,101)(H4,97,98,102). The number of H-pyrrole nitrogens is 2. The van der Waals surface area contributed by atoms with Crippen LogP contribution in [-0.2, 0) is 115 Å². The monoisotopic (exact) mass is 2110 g/mol. The molecule has 3 heterocycles. The number of hydrogen-bond donors (Lipinski definition) is 31. The molecule has 18 unspecified atom stereocenters. The van der Waals surface area contributed by atoms with Crippen LogP contribution in [0.1, 0.15) is 178 Å². The van der Waals surface area contributed by atoms with Crippen molar-refractivity contribution in [3.8, 4) is 5.75 Å². The molecule has 2 aromatic heterocycles. The first-order valence-corrected chi connectivity index (χ1v) is 50.3. The SMILES string of the molecule is CSCCC(NC(=O)C(CC(C)C)NC(=O)C(CC(C)C)NC(=O)CNC(=O)C(C)NC(=O)C(C)NC(=O)C(CCCNC(=N)N)NC(=O)CNC(=O)C(NC(=O)C(NC(=O)C(Cc1c[nH]cn1)NC(=O)C(Cc1ccc(O)cc1)NC(=O)C(CCCNC(=N)N)NC(=O)C1CCCN1C(=O)C(CO)NC(=O)C(C)NC(=O)C(NC(=O)C(N)Cc1c[nH]cn1)C(C)C)C(C)O)C(C)C)C(=O)NCC(=O)NC(CC(C)C)C(=O)O. The smallest absolute Gasteiger partial charge is 0.326 e. The van der Waals surface area contributed by atoms with E-state index in [1.165, 1.54) is 89.5 Å². The number of aromatic hydroxyl groups is 1. The van der Waals surface area contributed by atoms with E-state index in [-0.39, 0.29) is 126 Å². The summed E-state index contributed by atoms with van der Waals surface area (Å²) >= 11 is 1.37. The normalized spacial score (nSPS) is 15.7. The number of hydrogen-bond acceptors (Lipinski definition) is 29. The Morgan fingerprint density at radius 3 is 1.31 bits per heavy atom. The lowest BCUT2D eigenvalue weighted by Crippen LogP contribution is -2.62. The Kier molecular flexibility index (Phi) is 54.3. The highest BCUT2D eigenvalue weighted by molar-refractivity contribution is 7.98. The van der Waals surface area contributed by atoms with Gasteiger partial charge in [0.05, 0.1) is 62.4 Å². The summed E-state index contributed by atoms with van der Waals surface area (Å²) in [6.45, 7) is 18.6. The minimum absolute atomic E-state index is 0.00753. The third kappa shape index (κ3) is 45.3. The molecule has 1 aromatic carbocycles. The van der Waals surface area contributed by atoms with Gasteiger partial charge < -0.3 is 159 Å². The zero-order chi connectivity index (χ0) is 111. The van der Waals surface area contributed by atoms with E-state index in [1.54, 1.807) is 67.8 Å². The first-order valence-electron chi connectivity index (χ1n) is 49.0. The molecule has 824 valence electrons. The molecule has 0 aliphatic carbocycles. The first kappa shape index (κ1) is 126. The van der Waals surface area contributed by atoms with E-state index in [1.807, 2.05) is 0 Å². The van der Waals surface area contributed by atoms with E-state index in [2.05, 4.69) is 126 Å². The summed E-state index contributed by atoms with van der Waals surface area (Å²) < 4.78 is 0. The van der Waals surface area contributed by atoms with Crippen LogP contribution in [0.15, 0.2) is 49.3 Å². The topological polar surface area (TPSA) is 849 Å². The third-order valence-corrected chi connectivity index (χ3v) is 23.8. The number of likely N-dealkylation sites (tertiary alicyclic amines) is 1. The molecule has 1 aliphatic rings. The molecule has 0 saturated carbocycles. The molecule has 34 N–H and O–H groups in total. The van der Waals surface area contributed by atoms with Gasteiger partial charge in [-0.25, -0.2) is 14.8 Å². The number of guanidine groups is 2. The maximum atomic E-state index is 15.0. The van der Waals surface area contributed by atoms with Crippen molar-refractivity contribution in [2.75, 3.05) is 57.9 Å². The molecule has 1 fully saturated rings. The van der Waals surface area contributed by atoms with Crippen LogP contribution in [0.4, 0.5) is 0 Å². The second kappa shape index (κ2) is 63.9. The molecular formula is C93H152N30O24S. The van der Waals surface area contributed by atoms with Crippen molar-refractivity contribution in [2.24, 2.45) is 46.8 Å². The van der Waals surface area contributed by atoms with Crippen LogP contribution in [0.5, 0.6) is 5.75 Å². The van der Waals surface area contributed by atoms with Gasteiger partial charge in [0.2, 0.25) is 112 Å². The number of carbonyl (C=O) groups is 20. The zero-order valence-corrected chi connectivity index (χ0v) is 87.0. The predicted molar refractivity (Wildman–Crippen MR) is 540 cm³/mol. The lowest BCUT2D eigenvalue weighted by atomic mass is 9.99. The fraction of sp³-hybridized carbons (Fsp3) is 0.634. The summed E-state index contributed by atoms with van der Waals surface area (Å²) in [4.78, 5) is 292. The van der Waals surface area contributed by atoms with Gasteiger partial charge in [0.25, 0.3) is 0 Å². The minimum Gasteiger partial charge on any atom is -0.508 e. The average molecular weight is 2110 g/mol. The number of carboxylic acids is 1. The number of imidazole rings is 2. The number of phenols is 1. The second-order valence-corrected chi connectivity index (χ2v) is 39.1. The summed E-state index contributed by atoms with van der Waals surface area (Å²) in [5.74, 6) is -21.0. The first-order chi connectivity index (χ1) is 69.6. The second-order valence-electron chi connectivity index (χ2n) is 38.1. The molecule has 18 atom stereocenters. The number of amides is 19. The maximum absolute atomic E-state index is 15.0. The molecule has 4 rings (SSSR count). The molecule has 148 heavy (non-hydrogen) atoms. The Morgan fingerprint density at radius 2 is 0.818 bits per heavy atom. The fourth-order valence-electron chi connectivity index (χ4n) is 15.2. The van der Waals surface area contributed by atoms with Crippen molar-refractivity contribution in [1.82, 2.24) is 131 Å². The largest absolute Gasteiger partial charge is 0.508 e. The molecule has 54 nitrogen and oxygen atoms in total. The number of phenolic OH excluding ortho intramolecular Hbond substituents is 1. The lowest BCUT2D eigenvalue weighted by Gasteiger charge is -2.30. The highest BCUT2D eigenvalue weighted by atomic mass is 32.2. The van der Waals surface area contributed by atoms with Gasteiger partial charge in [0.15, 0.2) is 11.9 Å². The number of nitrogens with one attached hydrogen (secondary N) is 24. The molecule has 55 heteroatoms. The number of carbonyl (C=O) groups excluding carboxylic acids is 19. The van der Waals surface area contributed by atoms with E-state index in [4.69, 9.17) is 28.0 Å². The Bertz CT molecular complexity index is 4950.